The molecule has 0 bridgehead atoms. The van der Waals surface area contributed by atoms with E-state index in [0.29, 0.717) is 6.07 Å². The molecule has 1 heterocycles. The maximum atomic E-state index is 12.3. The van der Waals surface area contributed by atoms with Gasteiger partial charge in [0, 0.05) is 12.3 Å². The summed E-state index contributed by atoms with van der Waals surface area (Å²) in [7, 11) is 0. The summed E-state index contributed by atoms with van der Waals surface area (Å²) in [5.41, 5.74) is -2.02. The SMILES string of the molecule is O=C(/C=C(\O)c1ncc(C(F)(F)F)cc1Cl)C(F)(F)F. The molecule has 1 N–H and O–H groups in total. The molecule has 20 heavy (non-hydrogen) atoms. The number of aliphatic hydroxyl groups is 1. The molecule has 1 rings (SSSR count). The number of allylic oxidation sites excluding steroid dienone is 1. The van der Waals surface area contributed by atoms with Gasteiger partial charge >= 0.3 is 12.4 Å². The number of halogens is 7. The molecule has 0 fully saturated rings. The number of aliphatic hydroxyl groups excluding tert-OH is 1. The number of carbonyl (C=O) groups excluding carboxylic acids is 1. The van der Waals surface area contributed by atoms with Crippen molar-refractivity contribution in [2.45, 2.75) is 12.4 Å². The zero-order chi connectivity index (χ0) is 15.7. The highest BCUT2D eigenvalue weighted by Gasteiger charge is 2.37. The second kappa shape index (κ2) is 5.31. The smallest absolute Gasteiger partial charge is 0.454 e. The molecular formula is C10H4ClF6NO2. The third-order valence-electron chi connectivity index (χ3n) is 1.96. The lowest BCUT2D eigenvalue weighted by molar-refractivity contribution is -0.165. The second-order valence-electron chi connectivity index (χ2n) is 3.44. The van der Waals surface area contributed by atoms with Crippen LogP contribution < -0.4 is 0 Å². The van der Waals surface area contributed by atoms with Crippen molar-refractivity contribution in [3.8, 4) is 0 Å². The van der Waals surface area contributed by atoms with Crippen molar-refractivity contribution in [3.05, 3.63) is 34.6 Å². The largest absolute Gasteiger partial charge is 0.505 e. The van der Waals surface area contributed by atoms with Crippen LogP contribution in [0.25, 0.3) is 5.76 Å². The van der Waals surface area contributed by atoms with E-state index in [0.717, 1.165) is 0 Å². The maximum absolute atomic E-state index is 12.3. The summed E-state index contributed by atoms with van der Waals surface area (Å²) in [4.78, 5) is 13.7. The minimum absolute atomic E-state index is 0.221. The van der Waals surface area contributed by atoms with Crippen LogP contribution in [0.3, 0.4) is 0 Å². The minimum atomic E-state index is -5.23. The Labute approximate surface area is 112 Å². The third-order valence-corrected chi connectivity index (χ3v) is 2.25. The van der Waals surface area contributed by atoms with Gasteiger partial charge in [0.05, 0.1) is 10.6 Å². The van der Waals surface area contributed by atoms with Gasteiger partial charge in [-0.25, -0.2) is 0 Å². The molecule has 0 unspecified atom stereocenters. The first-order valence-corrected chi connectivity index (χ1v) is 5.05. The second-order valence-corrected chi connectivity index (χ2v) is 3.85. The van der Waals surface area contributed by atoms with Gasteiger partial charge in [-0.15, -0.1) is 0 Å². The van der Waals surface area contributed by atoms with E-state index in [1.54, 1.807) is 0 Å². The van der Waals surface area contributed by atoms with Crippen molar-refractivity contribution in [1.29, 1.82) is 0 Å². The fraction of sp³-hybridized carbons (Fsp3) is 0.200. The summed E-state index contributed by atoms with van der Waals surface area (Å²) < 4.78 is 72.7. The zero-order valence-electron chi connectivity index (χ0n) is 9.18. The summed E-state index contributed by atoms with van der Waals surface area (Å²) in [6, 6.07) is 0.367. The van der Waals surface area contributed by atoms with Crippen molar-refractivity contribution < 1.29 is 36.2 Å². The summed E-state index contributed by atoms with van der Waals surface area (Å²) >= 11 is 5.37. The number of aromatic nitrogens is 1. The summed E-state index contributed by atoms with van der Waals surface area (Å²) in [6.07, 6.45) is -9.94. The molecule has 0 radical (unpaired) electrons. The van der Waals surface area contributed by atoms with Crippen LogP contribution >= 0.6 is 11.6 Å². The van der Waals surface area contributed by atoms with Gasteiger partial charge in [0.25, 0.3) is 5.78 Å². The quantitative estimate of drug-likeness (QED) is 0.512. The van der Waals surface area contributed by atoms with Crippen molar-refractivity contribution in [2.75, 3.05) is 0 Å². The topological polar surface area (TPSA) is 50.2 Å². The number of ketones is 1. The van der Waals surface area contributed by atoms with Gasteiger partial charge in [0.1, 0.15) is 11.5 Å². The Morgan fingerprint density at radius 2 is 1.80 bits per heavy atom. The number of pyridine rings is 1. The van der Waals surface area contributed by atoms with Crippen molar-refractivity contribution in [2.24, 2.45) is 0 Å². The molecule has 0 aliphatic carbocycles. The first-order valence-electron chi connectivity index (χ1n) is 4.68. The fourth-order valence-electron chi connectivity index (χ4n) is 1.06. The highest BCUT2D eigenvalue weighted by molar-refractivity contribution is 6.32. The molecule has 0 amide bonds. The Balaban J connectivity index is 3.16. The van der Waals surface area contributed by atoms with E-state index in [1.807, 2.05) is 0 Å². The van der Waals surface area contributed by atoms with Crippen LogP contribution in [-0.2, 0) is 11.0 Å². The average molecular weight is 320 g/mol. The van der Waals surface area contributed by atoms with E-state index in [1.165, 1.54) is 0 Å². The van der Waals surface area contributed by atoms with Crippen molar-refractivity contribution in [1.82, 2.24) is 4.98 Å². The van der Waals surface area contributed by atoms with E-state index < -0.39 is 40.2 Å². The van der Waals surface area contributed by atoms with Crippen LogP contribution in [0.1, 0.15) is 11.3 Å². The Hall–Kier alpha value is -1.77. The Morgan fingerprint density at radius 1 is 1.25 bits per heavy atom. The van der Waals surface area contributed by atoms with E-state index in [-0.39, 0.29) is 12.3 Å². The van der Waals surface area contributed by atoms with Crippen LogP contribution in [0, 0.1) is 0 Å². The molecule has 1 aromatic rings. The van der Waals surface area contributed by atoms with Crippen LogP contribution in [0.15, 0.2) is 18.3 Å². The summed E-state index contributed by atoms with van der Waals surface area (Å²) in [5, 5.41) is 8.49. The normalized spacial score (nSPS) is 13.4. The monoisotopic (exact) mass is 319 g/mol. The Morgan fingerprint density at radius 3 is 2.20 bits per heavy atom. The lowest BCUT2D eigenvalue weighted by Gasteiger charge is -2.09. The Bertz CT molecular complexity index is 564. The van der Waals surface area contributed by atoms with Crippen LogP contribution in [-0.4, -0.2) is 22.1 Å². The van der Waals surface area contributed by atoms with Crippen LogP contribution in [0.4, 0.5) is 26.3 Å². The standard InChI is InChI=1S/C10H4ClF6NO2/c11-5-1-4(9(12,13)14)3-18-8(5)6(19)2-7(20)10(15,16)17/h1-3,19H/b6-2-. The van der Waals surface area contributed by atoms with Gasteiger partial charge < -0.3 is 5.11 Å². The molecule has 0 aliphatic rings. The maximum Gasteiger partial charge on any atom is 0.454 e. The number of hydrogen-bond acceptors (Lipinski definition) is 3. The predicted octanol–water partition coefficient (Wildman–Crippen LogP) is 3.78. The van der Waals surface area contributed by atoms with E-state index in [9.17, 15) is 36.2 Å². The van der Waals surface area contributed by atoms with Gasteiger partial charge in [0.15, 0.2) is 0 Å². The van der Waals surface area contributed by atoms with Crippen molar-refractivity contribution >= 4 is 23.1 Å². The minimum Gasteiger partial charge on any atom is -0.505 e. The average Bonchev–Trinajstić information content (AvgIpc) is 2.25. The fourth-order valence-corrected chi connectivity index (χ4v) is 1.32. The molecule has 110 valence electrons. The molecule has 0 atom stereocenters. The predicted molar refractivity (Wildman–Crippen MR) is 55.9 cm³/mol. The van der Waals surface area contributed by atoms with Gasteiger partial charge in [0.2, 0.25) is 0 Å². The summed E-state index contributed by atoms with van der Waals surface area (Å²) in [5.74, 6) is -3.68. The van der Waals surface area contributed by atoms with Gasteiger partial charge in [-0.1, -0.05) is 11.6 Å². The molecule has 0 aromatic carbocycles. The Kier molecular flexibility index (Phi) is 4.33. The van der Waals surface area contributed by atoms with E-state index >= 15 is 0 Å². The molecule has 0 saturated heterocycles. The first-order chi connectivity index (χ1) is 8.93. The lowest BCUT2D eigenvalue weighted by Crippen LogP contribution is -2.20. The molecule has 3 nitrogen and oxygen atoms in total. The number of alkyl halides is 6. The molecule has 10 heteroatoms. The van der Waals surface area contributed by atoms with E-state index in [4.69, 9.17) is 11.6 Å². The van der Waals surface area contributed by atoms with E-state index in [2.05, 4.69) is 4.98 Å². The first kappa shape index (κ1) is 16.3. The van der Waals surface area contributed by atoms with Gasteiger partial charge in [-0.3, -0.25) is 9.78 Å². The summed E-state index contributed by atoms with van der Waals surface area (Å²) in [6.45, 7) is 0. The number of hydrogen-bond donors (Lipinski definition) is 1. The molecule has 0 saturated carbocycles. The third kappa shape index (κ3) is 3.86. The highest BCUT2D eigenvalue weighted by atomic mass is 35.5. The van der Waals surface area contributed by atoms with Crippen LogP contribution in [0.2, 0.25) is 5.02 Å². The molecule has 1 aromatic heterocycles. The van der Waals surface area contributed by atoms with Gasteiger partial charge in [-0.2, -0.15) is 26.3 Å². The van der Waals surface area contributed by atoms with Crippen LogP contribution in [0.5, 0.6) is 0 Å². The molecular weight excluding hydrogens is 316 g/mol. The number of nitrogens with zero attached hydrogens (tertiary/aromatic N) is 1. The zero-order valence-corrected chi connectivity index (χ0v) is 9.94. The highest BCUT2D eigenvalue weighted by Crippen LogP contribution is 2.32. The lowest BCUT2D eigenvalue weighted by atomic mass is 10.2. The molecule has 0 spiro atoms. The number of carbonyl (C=O) groups is 1. The van der Waals surface area contributed by atoms with Gasteiger partial charge in [-0.05, 0) is 6.07 Å². The molecule has 0 aliphatic heterocycles. The number of rotatable bonds is 2. The van der Waals surface area contributed by atoms with Crippen molar-refractivity contribution in [3.63, 3.8) is 0 Å².